The highest BCUT2D eigenvalue weighted by Gasteiger charge is 2.13. The van der Waals surface area contributed by atoms with Gasteiger partial charge in [-0.2, -0.15) is 0 Å². The first kappa shape index (κ1) is 23.5. The lowest BCUT2D eigenvalue weighted by atomic mass is 10.1. The fourth-order valence-electron chi connectivity index (χ4n) is 3.26. The van der Waals surface area contributed by atoms with E-state index in [0.29, 0.717) is 41.6 Å². The van der Waals surface area contributed by atoms with E-state index in [2.05, 4.69) is 15.0 Å². The number of hydrogen-bond donors (Lipinski definition) is 1. The van der Waals surface area contributed by atoms with Gasteiger partial charge >= 0.3 is 5.97 Å². The van der Waals surface area contributed by atoms with Crippen LogP contribution < -0.4 is 10.1 Å². The van der Waals surface area contributed by atoms with Crippen LogP contribution in [0, 0.1) is 0 Å². The molecule has 6 nitrogen and oxygen atoms in total. The SMILES string of the molecule is COC(=O)CCCCCCNC(=O)c1cc(OCc2ccc(Cl)cc2)c2ccccc2n1. The Balaban J connectivity index is 1.58. The lowest BCUT2D eigenvalue weighted by molar-refractivity contribution is -0.140. The van der Waals surface area contributed by atoms with Crippen molar-refractivity contribution in [3.63, 3.8) is 0 Å². The molecule has 32 heavy (non-hydrogen) atoms. The van der Waals surface area contributed by atoms with Crippen molar-refractivity contribution in [2.24, 2.45) is 0 Å². The first-order valence-corrected chi connectivity index (χ1v) is 11.1. The number of carbonyl (C=O) groups excluding carboxylic acids is 2. The molecule has 0 aliphatic carbocycles. The summed E-state index contributed by atoms with van der Waals surface area (Å²) in [7, 11) is 1.40. The third-order valence-electron chi connectivity index (χ3n) is 5.04. The number of fused-ring (bicyclic) bond motifs is 1. The Morgan fingerprint density at radius 3 is 2.53 bits per heavy atom. The highest BCUT2D eigenvalue weighted by atomic mass is 35.5. The predicted octanol–water partition coefficient (Wildman–Crippen LogP) is 5.32. The van der Waals surface area contributed by atoms with Gasteiger partial charge in [0.05, 0.1) is 12.6 Å². The lowest BCUT2D eigenvalue weighted by Crippen LogP contribution is -2.25. The van der Waals surface area contributed by atoms with E-state index in [1.807, 2.05) is 48.5 Å². The number of amides is 1. The minimum atomic E-state index is -0.235. The number of ether oxygens (including phenoxy) is 2. The van der Waals surface area contributed by atoms with E-state index in [-0.39, 0.29) is 11.9 Å². The van der Waals surface area contributed by atoms with Crippen molar-refractivity contribution >= 4 is 34.4 Å². The number of para-hydroxylation sites is 1. The monoisotopic (exact) mass is 454 g/mol. The highest BCUT2D eigenvalue weighted by Crippen LogP contribution is 2.26. The number of halogens is 1. The van der Waals surface area contributed by atoms with E-state index in [0.717, 1.165) is 36.6 Å². The van der Waals surface area contributed by atoms with Crippen molar-refractivity contribution in [1.29, 1.82) is 0 Å². The van der Waals surface area contributed by atoms with Crippen LogP contribution in [0.1, 0.15) is 48.2 Å². The Labute approximate surface area is 192 Å². The fraction of sp³-hybridized carbons (Fsp3) is 0.320. The standard InChI is InChI=1S/C25H27ClN2O4/c1-31-24(29)10-4-2-3-7-15-27-25(30)22-16-23(20-8-5-6-9-21(20)28-22)32-17-18-11-13-19(26)14-12-18/h5-6,8-9,11-14,16H,2-4,7,10,15,17H2,1H3,(H,27,30). The van der Waals surface area contributed by atoms with Crippen LogP contribution in [0.4, 0.5) is 0 Å². The second-order valence-corrected chi connectivity index (χ2v) is 7.87. The molecule has 1 heterocycles. The zero-order valence-corrected chi connectivity index (χ0v) is 18.9. The Hall–Kier alpha value is -3.12. The summed E-state index contributed by atoms with van der Waals surface area (Å²) in [4.78, 5) is 28.3. The maximum atomic E-state index is 12.7. The Morgan fingerprint density at radius 2 is 1.75 bits per heavy atom. The molecular weight excluding hydrogens is 428 g/mol. The summed E-state index contributed by atoms with van der Waals surface area (Å²) in [5.41, 5.74) is 2.00. The van der Waals surface area contributed by atoms with Gasteiger partial charge in [0.15, 0.2) is 0 Å². The van der Waals surface area contributed by atoms with Crippen molar-refractivity contribution in [3.05, 3.63) is 70.9 Å². The minimum Gasteiger partial charge on any atom is -0.488 e. The van der Waals surface area contributed by atoms with E-state index >= 15 is 0 Å². The summed E-state index contributed by atoms with van der Waals surface area (Å²) >= 11 is 5.95. The van der Waals surface area contributed by atoms with Gasteiger partial charge in [-0.15, -0.1) is 0 Å². The molecule has 1 N–H and O–H groups in total. The number of nitrogens with zero attached hydrogens (tertiary/aromatic N) is 1. The molecule has 0 spiro atoms. The average Bonchev–Trinajstić information content (AvgIpc) is 2.82. The molecule has 0 saturated carbocycles. The normalized spacial score (nSPS) is 10.7. The Bertz CT molecular complexity index is 1050. The van der Waals surface area contributed by atoms with E-state index in [9.17, 15) is 9.59 Å². The first-order chi connectivity index (χ1) is 15.6. The van der Waals surface area contributed by atoms with Crippen LogP contribution in [0.2, 0.25) is 5.02 Å². The zero-order chi connectivity index (χ0) is 22.8. The van der Waals surface area contributed by atoms with Crippen LogP contribution in [-0.2, 0) is 16.1 Å². The molecule has 0 saturated heterocycles. The molecule has 0 unspecified atom stereocenters. The van der Waals surface area contributed by atoms with Crippen LogP contribution >= 0.6 is 11.6 Å². The number of unbranched alkanes of at least 4 members (excludes halogenated alkanes) is 3. The molecule has 0 aliphatic heterocycles. The minimum absolute atomic E-state index is 0.185. The number of pyridine rings is 1. The lowest BCUT2D eigenvalue weighted by Gasteiger charge is -2.12. The maximum absolute atomic E-state index is 12.7. The second-order valence-electron chi connectivity index (χ2n) is 7.43. The quantitative estimate of drug-likeness (QED) is 0.313. The maximum Gasteiger partial charge on any atom is 0.305 e. The van der Waals surface area contributed by atoms with Crippen LogP contribution in [0.25, 0.3) is 10.9 Å². The number of esters is 1. The summed E-state index contributed by atoms with van der Waals surface area (Å²) in [5, 5.41) is 4.44. The molecule has 1 aromatic heterocycles. The zero-order valence-electron chi connectivity index (χ0n) is 18.1. The molecule has 1 amide bonds. The molecule has 3 aromatic rings. The summed E-state index contributed by atoms with van der Waals surface area (Å²) in [6.07, 6.45) is 3.91. The highest BCUT2D eigenvalue weighted by molar-refractivity contribution is 6.30. The summed E-state index contributed by atoms with van der Waals surface area (Å²) in [5.74, 6) is 0.190. The van der Waals surface area contributed by atoms with Crippen molar-refractivity contribution in [2.75, 3.05) is 13.7 Å². The van der Waals surface area contributed by atoms with E-state index in [1.165, 1.54) is 7.11 Å². The largest absolute Gasteiger partial charge is 0.488 e. The summed E-state index contributed by atoms with van der Waals surface area (Å²) < 4.78 is 10.7. The van der Waals surface area contributed by atoms with Gasteiger partial charge < -0.3 is 14.8 Å². The number of carbonyl (C=O) groups is 2. The third kappa shape index (κ3) is 6.95. The summed E-state index contributed by atoms with van der Waals surface area (Å²) in [6, 6.07) is 16.7. The van der Waals surface area contributed by atoms with E-state index in [4.69, 9.17) is 16.3 Å². The molecule has 0 aliphatic rings. The van der Waals surface area contributed by atoms with Gasteiger partial charge in [0, 0.05) is 29.4 Å². The van der Waals surface area contributed by atoms with Crippen LogP contribution in [0.3, 0.4) is 0 Å². The predicted molar refractivity (Wildman–Crippen MR) is 125 cm³/mol. The topological polar surface area (TPSA) is 77.5 Å². The Morgan fingerprint density at radius 1 is 1.00 bits per heavy atom. The third-order valence-corrected chi connectivity index (χ3v) is 5.29. The fourth-order valence-corrected chi connectivity index (χ4v) is 3.39. The van der Waals surface area contributed by atoms with Gasteiger partial charge in [-0.05, 0) is 42.7 Å². The summed E-state index contributed by atoms with van der Waals surface area (Å²) in [6.45, 7) is 0.907. The molecule has 7 heteroatoms. The van der Waals surface area contributed by atoms with Crippen LogP contribution in [0.5, 0.6) is 5.75 Å². The Kier molecular flexibility index (Phi) is 8.87. The molecule has 0 bridgehead atoms. The van der Waals surface area contributed by atoms with Crippen molar-refractivity contribution in [3.8, 4) is 5.75 Å². The van der Waals surface area contributed by atoms with Gasteiger partial charge in [-0.25, -0.2) is 4.98 Å². The van der Waals surface area contributed by atoms with Crippen LogP contribution in [-0.4, -0.2) is 30.5 Å². The second kappa shape index (κ2) is 12.1. The van der Waals surface area contributed by atoms with Gasteiger partial charge in [0.2, 0.25) is 0 Å². The molecule has 3 rings (SSSR count). The average molecular weight is 455 g/mol. The van der Waals surface area contributed by atoms with Gasteiger partial charge in [-0.1, -0.05) is 48.7 Å². The number of rotatable bonds is 11. The van der Waals surface area contributed by atoms with Crippen LogP contribution in [0.15, 0.2) is 54.6 Å². The molecule has 0 fully saturated rings. The molecule has 0 atom stereocenters. The molecular formula is C25H27ClN2O4. The smallest absolute Gasteiger partial charge is 0.305 e. The van der Waals surface area contributed by atoms with Gasteiger partial charge in [0.25, 0.3) is 5.91 Å². The van der Waals surface area contributed by atoms with Gasteiger partial charge in [0.1, 0.15) is 18.1 Å². The number of benzene rings is 2. The first-order valence-electron chi connectivity index (χ1n) is 10.7. The van der Waals surface area contributed by atoms with Crippen molar-refractivity contribution in [1.82, 2.24) is 10.3 Å². The van der Waals surface area contributed by atoms with Gasteiger partial charge in [-0.3, -0.25) is 9.59 Å². The molecule has 0 radical (unpaired) electrons. The van der Waals surface area contributed by atoms with Crippen molar-refractivity contribution in [2.45, 2.75) is 38.7 Å². The number of methoxy groups -OCH3 is 1. The number of hydrogen-bond acceptors (Lipinski definition) is 5. The molecule has 2 aromatic carbocycles. The van der Waals surface area contributed by atoms with E-state index in [1.54, 1.807) is 6.07 Å². The number of nitrogens with one attached hydrogen (secondary N) is 1. The van der Waals surface area contributed by atoms with Crippen molar-refractivity contribution < 1.29 is 19.1 Å². The molecule has 168 valence electrons. The number of aromatic nitrogens is 1. The van der Waals surface area contributed by atoms with E-state index < -0.39 is 0 Å².